The van der Waals surface area contributed by atoms with Crippen molar-refractivity contribution in [3.05, 3.63) is 131 Å². The average molecular weight is 937 g/mol. The molecule has 0 bridgehead atoms. The summed E-state index contributed by atoms with van der Waals surface area (Å²) in [5.41, 5.74) is 12.4. The number of carbonyl (C=O) groups is 2. The van der Waals surface area contributed by atoms with Crippen LogP contribution in [-0.4, -0.2) is 71.1 Å². The van der Waals surface area contributed by atoms with Crippen LogP contribution in [0.3, 0.4) is 0 Å². The van der Waals surface area contributed by atoms with E-state index >= 15 is 0 Å². The molecule has 8 aromatic rings. The minimum atomic E-state index is -0.550. The van der Waals surface area contributed by atoms with Crippen molar-refractivity contribution in [3.63, 3.8) is 0 Å². The van der Waals surface area contributed by atoms with Crippen LogP contribution in [0.4, 0.5) is 21.0 Å². The van der Waals surface area contributed by atoms with Gasteiger partial charge >= 0.3 is 12.2 Å². The number of furan rings is 2. The number of rotatable bonds is 7. The highest BCUT2D eigenvalue weighted by molar-refractivity contribution is 5.88. The number of nitrogens with zero attached hydrogens (tertiary/aromatic N) is 5. The zero-order valence-electron chi connectivity index (χ0n) is 38.9. The SMILES string of the molecule is C.CC(C)(C)OC(=O)N1CCC[C@H]1c1ncc(-c2ccc3oc(-c4ccc(N)cc4)cc3c2)[nH]1.CC(C)(C)OC(=O)N1CCC[C@H]1c1ncc(-c2ccc3oc(-c4ccc([N+](=O)[O-])cc4)cc3c2)[nH]1.[HH]. The van der Waals surface area contributed by atoms with E-state index in [0.29, 0.717) is 24.4 Å². The number of non-ortho nitro benzene ring substituents is 1. The Kier molecular flexibility index (Phi) is 13.1. The highest BCUT2D eigenvalue weighted by Gasteiger charge is 2.36. The van der Waals surface area contributed by atoms with Gasteiger partial charge in [0.1, 0.15) is 45.5 Å². The summed E-state index contributed by atoms with van der Waals surface area (Å²) in [6.45, 7) is 12.5. The maximum absolute atomic E-state index is 12.7. The van der Waals surface area contributed by atoms with E-state index in [2.05, 4.69) is 26.0 Å². The van der Waals surface area contributed by atoms with Crippen LogP contribution in [0.15, 0.2) is 118 Å². The lowest BCUT2D eigenvalue weighted by atomic mass is 10.1. The van der Waals surface area contributed by atoms with Crippen LogP contribution in [0.5, 0.6) is 0 Å². The number of imidazole rings is 2. The Labute approximate surface area is 401 Å². The van der Waals surface area contributed by atoms with Crippen LogP contribution >= 0.6 is 0 Å². The number of likely N-dealkylation sites (tertiary alicyclic amines) is 2. The Bertz CT molecular complexity index is 3120. The molecule has 2 amide bonds. The van der Waals surface area contributed by atoms with Gasteiger partial charge in [0.15, 0.2) is 0 Å². The number of fused-ring (bicyclic) bond motifs is 2. The Morgan fingerprint density at radius 2 is 1.07 bits per heavy atom. The van der Waals surface area contributed by atoms with Crippen LogP contribution in [0.2, 0.25) is 0 Å². The van der Waals surface area contributed by atoms with Crippen LogP contribution < -0.4 is 5.73 Å². The first-order valence-electron chi connectivity index (χ1n) is 22.7. The van der Waals surface area contributed by atoms with Crippen LogP contribution in [0.25, 0.3) is 67.1 Å². The molecule has 69 heavy (non-hydrogen) atoms. The summed E-state index contributed by atoms with van der Waals surface area (Å²) in [7, 11) is 0. The van der Waals surface area contributed by atoms with Crippen LogP contribution in [0, 0.1) is 10.1 Å². The van der Waals surface area contributed by atoms with Crippen molar-refractivity contribution in [1.29, 1.82) is 0 Å². The number of nitro benzene ring substituents is 1. The second-order valence-electron chi connectivity index (χ2n) is 19.2. The summed E-state index contributed by atoms with van der Waals surface area (Å²) in [6, 6.07) is 29.5. The van der Waals surface area contributed by atoms with Gasteiger partial charge in [-0.05, 0) is 152 Å². The van der Waals surface area contributed by atoms with Crippen molar-refractivity contribution in [2.45, 2.75) is 97.9 Å². The highest BCUT2D eigenvalue weighted by Crippen LogP contribution is 2.37. The summed E-state index contributed by atoms with van der Waals surface area (Å²) < 4.78 is 23.1. The van der Waals surface area contributed by atoms with E-state index < -0.39 is 16.1 Å². The molecule has 2 aliphatic heterocycles. The van der Waals surface area contributed by atoms with E-state index in [1.807, 2.05) is 114 Å². The maximum atomic E-state index is 12.7. The number of ether oxygens (including phenoxy) is 2. The number of nitrogen functional groups attached to an aromatic ring is 1. The molecule has 360 valence electrons. The number of nitrogens with one attached hydrogen (secondary N) is 2. The third-order valence-corrected chi connectivity index (χ3v) is 11.8. The molecule has 16 heteroatoms. The number of H-pyrrole nitrogens is 2. The first-order valence-corrected chi connectivity index (χ1v) is 22.7. The number of amides is 2. The number of nitro groups is 1. The maximum Gasteiger partial charge on any atom is 0.410 e. The predicted octanol–water partition coefficient (Wildman–Crippen LogP) is 13.5. The summed E-state index contributed by atoms with van der Waals surface area (Å²) in [5.74, 6) is 2.95. The Hall–Kier alpha value is -7.88. The van der Waals surface area contributed by atoms with Gasteiger partial charge in [0.05, 0.1) is 40.8 Å². The number of hydrogen-bond donors (Lipinski definition) is 3. The summed E-state index contributed by atoms with van der Waals surface area (Å²) in [6.07, 6.45) is 6.49. The fraction of sp³-hybridized carbons (Fsp3) is 0.321. The molecule has 2 atom stereocenters. The first-order chi connectivity index (χ1) is 32.4. The second kappa shape index (κ2) is 19.0. The molecule has 16 nitrogen and oxygen atoms in total. The molecule has 6 heterocycles. The molecular formula is C53H60N8O8. The second-order valence-corrected chi connectivity index (χ2v) is 19.2. The van der Waals surface area contributed by atoms with Gasteiger partial charge in [0.25, 0.3) is 5.69 Å². The minimum Gasteiger partial charge on any atom is -0.456 e. The molecule has 0 saturated carbocycles. The fourth-order valence-electron chi connectivity index (χ4n) is 8.59. The van der Waals surface area contributed by atoms with Crippen molar-refractivity contribution in [3.8, 4) is 45.2 Å². The fourth-order valence-corrected chi connectivity index (χ4v) is 8.59. The first kappa shape index (κ1) is 47.6. The monoisotopic (exact) mass is 936 g/mol. The molecule has 4 aromatic carbocycles. The van der Waals surface area contributed by atoms with E-state index in [1.165, 1.54) is 12.1 Å². The molecule has 2 saturated heterocycles. The summed E-state index contributed by atoms with van der Waals surface area (Å²) in [4.78, 5) is 55.3. The van der Waals surface area contributed by atoms with Gasteiger partial charge in [-0.25, -0.2) is 19.6 Å². The molecule has 2 fully saturated rings. The van der Waals surface area contributed by atoms with Crippen molar-refractivity contribution >= 4 is 45.5 Å². The van der Waals surface area contributed by atoms with Crippen molar-refractivity contribution in [1.82, 2.24) is 29.7 Å². The van der Waals surface area contributed by atoms with Crippen molar-refractivity contribution < 1.29 is 34.2 Å². The number of hydrogen-bond acceptors (Lipinski definition) is 11. The van der Waals surface area contributed by atoms with Crippen LogP contribution in [-0.2, 0) is 9.47 Å². The quantitative estimate of drug-likeness (QED) is 0.0777. The normalized spacial score (nSPS) is 16.0. The zero-order chi connectivity index (χ0) is 47.9. The van der Waals surface area contributed by atoms with E-state index in [1.54, 1.807) is 28.1 Å². The van der Waals surface area contributed by atoms with Gasteiger partial charge in [-0.15, -0.1) is 0 Å². The summed E-state index contributed by atoms with van der Waals surface area (Å²) in [5, 5.41) is 12.8. The van der Waals surface area contributed by atoms with Gasteiger partial charge in [-0.3, -0.25) is 19.9 Å². The van der Waals surface area contributed by atoms with Gasteiger partial charge in [-0.1, -0.05) is 7.43 Å². The Morgan fingerprint density at radius 1 is 0.667 bits per heavy atom. The van der Waals surface area contributed by atoms with Gasteiger partial charge in [0.2, 0.25) is 0 Å². The highest BCUT2D eigenvalue weighted by atomic mass is 16.6. The topological polar surface area (TPSA) is 212 Å². The van der Waals surface area contributed by atoms with E-state index in [9.17, 15) is 19.7 Å². The molecule has 10 rings (SSSR count). The summed E-state index contributed by atoms with van der Waals surface area (Å²) >= 11 is 0. The molecule has 4 N–H and O–H groups in total. The average Bonchev–Trinajstić information content (AvgIpc) is 4.15. The zero-order valence-corrected chi connectivity index (χ0v) is 38.9. The van der Waals surface area contributed by atoms with Gasteiger partial charge in [0, 0.05) is 65.4 Å². The van der Waals surface area contributed by atoms with E-state index in [-0.39, 0.29) is 38.8 Å². The van der Waals surface area contributed by atoms with Gasteiger partial charge < -0.3 is 34.0 Å². The Balaban J connectivity index is 0.000000201. The third-order valence-electron chi connectivity index (χ3n) is 11.8. The number of carbonyl (C=O) groups excluding carboxylic acids is 2. The van der Waals surface area contributed by atoms with E-state index in [4.69, 9.17) is 24.0 Å². The molecule has 0 aliphatic carbocycles. The molecule has 4 aromatic heterocycles. The number of anilines is 1. The largest absolute Gasteiger partial charge is 0.456 e. The predicted molar refractivity (Wildman–Crippen MR) is 268 cm³/mol. The lowest BCUT2D eigenvalue weighted by molar-refractivity contribution is -0.384. The molecule has 0 unspecified atom stereocenters. The Morgan fingerprint density at radius 3 is 1.48 bits per heavy atom. The lowest BCUT2D eigenvalue weighted by Crippen LogP contribution is -2.36. The number of benzene rings is 4. The molecule has 0 spiro atoms. The standard InChI is InChI=1S/C26H26N4O5.C26H28N4O3.CH4.H2/c1-26(2,3)35-25(31)29-12-4-5-21(29)24-27-15-20(28-24)17-8-11-22-18(13-17)14-23(34-22)16-6-9-19(10-7-16)30(32)33;1-26(2,3)33-25(31)30-12-4-5-21(30)24-28-15-20(29-24)17-8-11-22-18(13-17)14-23(32-22)16-6-9-19(27)10-7-16;;/h6-11,13-15,21H,4-5,12H2,1-3H3,(H,27,28);6-11,13-15,21H,4-5,12,27H2,1-3H3,(H,28,29);1H4;1H/t2*21-;;/m00../s1. The van der Waals surface area contributed by atoms with Gasteiger partial charge in [-0.2, -0.15) is 0 Å². The molecule has 0 radical (unpaired) electrons. The number of aromatic nitrogens is 4. The third kappa shape index (κ3) is 10.6. The lowest BCUT2D eigenvalue weighted by Gasteiger charge is -2.27. The molecular weight excluding hydrogens is 877 g/mol. The van der Waals surface area contributed by atoms with Crippen LogP contribution in [0.1, 0.15) is 99.8 Å². The van der Waals surface area contributed by atoms with Crippen molar-refractivity contribution in [2.75, 3.05) is 18.8 Å². The van der Waals surface area contributed by atoms with E-state index in [0.717, 1.165) is 98.8 Å². The molecule has 2 aliphatic rings. The number of nitrogens with two attached hydrogens (primary N) is 1. The minimum absolute atomic E-state index is 0. The van der Waals surface area contributed by atoms with Crippen molar-refractivity contribution in [2.24, 2.45) is 0 Å². The smallest absolute Gasteiger partial charge is 0.410 e. The number of aromatic amines is 2.